The van der Waals surface area contributed by atoms with Gasteiger partial charge >= 0.3 is 0 Å². The van der Waals surface area contributed by atoms with Crippen molar-refractivity contribution < 1.29 is 14.2 Å². The van der Waals surface area contributed by atoms with Crippen molar-refractivity contribution >= 4 is 27.3 Å². The number of benzene rings is 2. The van der Waals surface area contributed by atoms with Crippen molar-refractivity contribution in [3.8, 4) is 23.3 Å². The van der Waals surface area contributed by atoms with Crippen LogP contribution in [-0.4, -0.2) is 14.2 Å². The Balaban J connectivity index is 2.29. The van der Waals surface area contributed by atoms with Gasteiger partial charge in [-0.2, -0.15) is 5.26 Å². The van der Waals surface area contributed by atoms with Crippen LogP contribution in [0.3, 0.4) is 0 Å². The first-order valence-corrected chi connectivity index (χ1v) is 8.39. The summed E-state index contributed by atoms with van der Waals surface area (Å²) in [5, 5.41) is 9.65. The van der Waals surface area contributed by atoms with Crippen molar-refractivity contribution in [1.82, 2.24) is 0 Å². The molecule has 0 spiro atoms. The van der Waals surface area contributed by atoms with E-state index in [0.29, 0.717) is 33.0 Å². The van der Waals surface area contributed by atoms with E-state index in [0.717, 1.165) is 5.56 Å². The zero-order valence-corrected chi connectivity index (χ0v) is 15.8. The molecule has 0 saturated heterocycles. The van der Waals surface area contributed by atoms with E-state index >= 15 is 0 Å². The van der Waals surface area contributed by atoms with Crippen LogP contribution in [-0.2, 0) is 0 Å². The Labute approximate surface area is 159 Å². The Kier molecular flexibility index (Phi) is 4.57. The topological polar surface area (TPSA) is 130 Å². The number of fused-ring (bicyclic) bond motifs is 1. The predicted molar refractivity (Wildman–Crippen MR) is 102 cm³/mol. The minimum absolute atomic E-state index is 0.00629. The van der Waals surface area contributed by atoms with Crippen molar-refractivity contribution in [1.29, 1.82) is 5.26 Å². The van der Waals surface area contributed by atoms with Gasteiger partial charge in [0.05, 0.1) is 36.0 Å². The lowest BCUT2D eigenvalue weighted by Crippen LogP contribution is -2.22. The molecule has 1 heterocycles. The number of hydrogen-bond donors (Lipinski definition) is 3. The van der Waals surface area contributed by atoms with Crippen LogP contribution < -0.4 is 31.4 Å². The van der Waals surface area contributed by atoms with Crippen molar-refractivity contribution in [2.75, 3.05) is 25.7 Å². The fourth-order valence-corrected chi connectivity index (χ4v) is 3.63. The van der Waals surface area contributed by atoms with E-state index in [-0.39, 0.29) is 17.1 Å². The van der Waals surface area contributed by atoms with Gasteiger partial charge in [0.1, 0.15) is 11.6 Å². The van der Waals surface area contributed by atoms with Crippen LogP contribution in [0.4, 0.5) is 11.4 Å². The minimum atomic E-state index is -0.484. The lowest BCUT2D eigenvalue weighted by atomic mass is 9.83. The van der Waals surface area contributed by atoms with Crippen LogP contribution in [0.5, 0.6) is 17.2 Å². The van der Waals surface area contributed by atoms with Crippen molar-refractivity contribution in [3.63, 3.8) is 0 Å². The van der Waals surface area contributed by atoms with Gasteiger partial charge in [0.25, 0.3) is 0 Å². The molecule has 0 saturated carbocycles. The maximum atomic E-state index is 9.65. The monoisotopic (exact) mass is 416 g/mol. The van der Waals surface area contributed by atoms with Gasteiger partial charge in [0.15, 0.2) is 17.2 Å². The molecule has 1 aliphatic heterocycles. The Morgan fingerprint density at radius 3 is 2.50 bits per heavy atom. The Morgan fingerprint density at radius 1 is 1.15 bits per heavy atom. The second kappa shape index (κ2) is 6.69. The molecule has 1 aliphatic rings. The van der Waals surface area contributed by atoms with Gasteiger partial charge in [-0.1, -0.05) is 6.07 Å². The van der Waals surface area contributed by atoms with Crippen LogP contribution >= 0.6 is 15.9 Å². The number of ether oxygens (including phenoxy) is 3. The summed E-state index contributed by atoms with van der Waals surface area (Å²) in [7, 11) is 3.09. The fraction of sp³-hybridized carbons (Fsp3) is 0.167. The summed E-state index contributed by atoms with van der Waals surface area (Å²) < 4.78 is 17.0. The van der Waals surface area contributed by atoms with Crippen LogP contribution in [0, 0.1) is 11.3 Å². The van der Waals surface area contributed by atoms with E-state index in [2.05, 4.69) is 22.0 Å². The van der Waals surface area contributed by atoms with Gasteiger partial charge < -0.3 is 31.4 Å². The highest BCUT2D eigenvalue weighted by Crippen LogP contribution is 2.48. The number of allylic oxidation sites excluding steroid dienone is 1. The highest BCUT2D eigenvalue weighted by molar-refractivity contribution is 9.10. The van der Waals surface area contributed by atoms with E-state index in [9.17, 15) is 5.26 Å². The summed E-state index contributed by atoms with van der Waals surface area (Å²) in [5.74, 6) is 0.938. The molecule has 0 fully saturated rings. The molecule has 1 unspecified atom stereocenters. The van der Waals surface area contributed by atoms with Gasteiger partial charge in [0, 0.05) is 5.56 Å². The van der Waals surface area contributed by atoms with Crippen LogP contribution in [0.2, 0.25) is 0 Å². The number of rotatable bonds is 3. The van der Waals surface area contributed by atoms with E-state index in [1.807, 2.05) is 6.07 Å². The second-order valence-electron chi connectivity index (χ2n) is 5.65. The van der Waals surface area contributed by atoms with Crippen LogP contribution in [0.25, 0.3) is 0 Å². The molecule has 6 N–H and O–H groups in total. The average Bonchev–Trinajstić information content (AvgIpc) is 2.63. The van der Waals surface area contributed by atoms with Crippen LogP contribution in [0.15, 0.2) is 40.2 Å². The first-order chi connectivity index (χ1) is 12.4. The maximum Gasteiger partial charge on any atom is 0.205 e. The highest BCUT2D eigenvalue weighted by atomic mass is 79.9. The lowest BCUT2D eigenvalue weighted by Gasteiger charge is -2.28. The molecule has 26 heavy (non-hydrogen) atoms. The summed E-state index contributed by atoms with van der Waals surface area (Å²) in [6, 6.07) is 9.23. The van der Waals surface area contributed by atoms with Gasteiger partial charge in [-0.3, -0.25) is 0 Å². The second-order valence-corrected chi connectivity index (χ2v) is 6.50. The molecule has 1 atom stereocenters. The van der Waals surface area contributed by atoms with Crippen molar-refractivity contribution in [2.45, 2.75) is 5.92 Å². The number of hydrogen-bond acceptors (Lipinski definition) is 7. The molecule has 2 aromatic carbocycles. The largest absolute Gasteiger partial charge is 0.493 e. The summed E-state index contributed by atoms with van der Waals surface area (Å²) >= 11 is 3.48. The van der Waals surface area contributed by atoms with Gasteiger partial charge in [-0.05, 0) is 39.7 Å². The number of nitriles is 1. The smallest absolute Gasteiger partial charge is 0.205 e. The van der Waals surface area contributed by atoms with Gasteiger partial charge in [-0.25, -0.2) is 0 Å². The molecule has 0 amide bonds. The number of nitrogens with two attached hydrogens (primary N) is 3. The highest BCUT2D eigenvalue weighted by Gasteiger charge is 2.33. The normalized spacial score (nSPS) is 15.7. The predicted octanol–water partition coefficient (Wildman–Crippen LogP) is 2.85. The molecule has 0 aromatic heterocycles. The Hall–Kier alpha value is -3.05. The zero-order chi connectivity index (χ0) is 19.0. The van der Waals surface area contributed by atoms with Crippen molar-refractivity contribution in [2.24, 2.45) is 5.73 Å². The molecule has 0 radical (unpaired) electrons. The molecule has 3 rings (SSSR count). The lowest BCUT2D eigenvalue weighted by molar-refractivity contribution is 0.352. The van der Waals surface area contributed by atoms with Gasteiger partial charge in [-0.15, -0.1) is 0 Å². The summed E-state index contributed by atoms with van der Waals surface area (Å²) in [6.07, 6.45) is 0. The first kappa shape index (κ1) is 17.8. The third-order valence-corrected chi connectivity index (χ3v) is 4.84. The van der Waals surface area contributed by atoms with E-state index in [1.165, 1.54) is 0 Å². The van der Waals surface area contributed by atoms with E-state index in [1.54, 1.807) is 32.4 Å². The van der Waals surface area contributed by atoms with E-state index in [4.69, 9.17) is 31.4 Å². The standard InChI is InChI=1S/C18H17BrN4O3/c1-24-13-6-8(5-11(19)17(13)25-2)14-9-3-4-12(21)15(22)16(9)26-18(23)10(14)7-20/h3-6,14H,21-23H2,1-2H3. The minimum Gasteiger partial charge on any atom is -0.493 e. The fourth-order valence-electron chi connectivity index (χ4n) is 3.01. The molecule has 134 valence electrons. The molecule has 8 heteroatoms. The Bertz CT molecular complexity index is 966. The molecule has 7 nitrogen and oxygen atoms in total. The third kappa shape index (κ3) is 2.66. The zero-order valence-electron chi connectivity index (χ0n) is 14.2. The average molecular weight is 417 g/mol. The molecule has 0 aliphatic carbocycles. The molecular formula is C18H17BrN4O3. The summed E-state index contributed by atoms with van der Waals surface area (Å²) in [4.78, 5) is 0. The van der Waals surface area contributed by atoms with Crippen molar-refractivity contribution in [3.05, 3.63) is 51.3 Å². The molecule has 0 bridgehead atoms. The quantitative estimate of drug-likeness (QED) is 0.655. The molecule has 2 aromatic rings. The molecular weight excluding hydrogens is 400 g/mol. The number of halogens is 1. The van der Waals surface area contributed by atoms with E-state index < -0.39 is 5.92 Å². The number of nitrogen functional groups attached to an aromatic ring is 2. The Morgan fingerprint density at radius 2 is 1.88 bits per heavy atom. The number of anilines is 2. The van der Waals surface area contributed by atoms with Gasteiger partial charge in [0.2, 0.25) is 5.88 Å². The number of methoxy groups -OCH3 is 2. The third-order valence-electron chi connectivity index (χ3n) is 4.25. The maximum absolute atomic E-state index is 9.65. The van der Waals surface area contributed by atoms with Crippen LogP contribution in [0.1, 0.15) is 17.0 Å². The SMILES string of the molecule is COc1cc(C2C(C#N)=C(N)Oc3c2ccc(N)c3N)cc(Br)c1OC. The summed E-state index contributed by atoms with van der Waals surface area (Å²) in [5.41, 5.74) is 20.3. The summed E-state index contributed by atoms with van der Waals surface area (Å²) in [6.45, 7) is 0. The number of nitrogens with zero attached hydrogens (tertiary/aromatic N) is 1. The first-order valence-electron chi connectivity index (χ1n) is 7.59.